The quantitative estimate of drug-likeness (QED) is 0.656. The number of methoxy groups -OCH3 is 1. The summed E-state index contributed by atoms with van der Waals surface area (Å²) in [5, 5.41) is 6.48. The van der Waals surface area contributed by atoms with E-state index in [-0.39, 0.29) is 18.4 Å². The fourth-order valence-electron chi connectivity index (χ4n) is 4.30. The summed E-state index contributed by atoms with van der Waals surface area (Å²) in [4.78, 5) is 34.5. The van der Waals surface area contributed by atoms with E-state index in [9.17, 15) is 9.59 Å². The van der Waals surface area contributed by atoms with Crippen molar-refractivity contribution in [3.63, 3.8) is 0 Å². The van der Waals surface area contributed by atoms with Crippen LogP contribution in [0.2, 0.25) is 5.02 Å². The first-order valence-corrected chi connectivity index (χ1v) is 11.9. The predicted octanol–water partition coefficient (Wildman–Crippen LogP) is 3.69. The van der Waals surface area contributed by atoms with Crippen LogP contribution in [0, 0.1) is 0 Å². The Bertz CT molecular complexity index is 997. The molecular formula is C23H27ClN4O3S. The van der Waals surface area contributed by atoms with E-state index in [2.05, 4.69) is 22.3 Å². The molecule has 1 N–H and O–H groups in total. The lowest BCUT2D eigenvalue weighted by Gasteiger charge is -2.36. The SMILES string of the molecule is COC(=O)C1=C(C)N=C2SC=C(CC(=O)NC3CCN(C)CC3)N2[C@@H]1c1ccc(Cl)cc1. The standard InChI is InChI=1S/C23H27ClN4O3S/c1-14-20(22(30)31-3)21(15-4-6-16(24)7-5-15)28-18(13-32-23(28)25-14)12-19(29)26-17-8-10-27(2)11-9-17/h4-7,13,17,21H,8-12H2,1-3H3,(H,26,29)/t21-/m1/s1. The van der Waals surface area contributed by atoms with Crippen LogP contribution in [0.1, 0.15) is 37.8 Å². The van der Waals surface area contributed by atoms with Crippen LogP contribution in [0.4, 0.5) is 0 Å². The highest BCUT2D eigenvalue weighted by Crippen LogP contribution is 2.44. The number of thioether (sulfide) groups is 1. The van der Waals surface area contributed by atoms with Crippen LogP contribution < -0.4 is 5.32 Å². The van der Waals surface area contributed by atoms with Crippen molar-refractivity contribution in [3.8, 4) is 0 Å². The highest BCUT2D eigenvalue weighted by atomic mass is 35.5. The molecule has 0 aromatic heterocycles. The number of amidine groups is 1. The first-order valence-electron chi connectivity index (χ1n) is 10.6. The average molecular weight is 475 g/mol. The number of amides is 1. The molecule has 4 rings (SSSR count). The number of nitrogens with one attached hydrogen (secondary N) is 1. The number of carbonyl (C=O) groups is 2. The van der Waals surface area contributed by atoms with Crippen LogP contribution in [0.5, 0.6) is 0 Å². The Morgan fingerprint density at radius 1 is 1.25 bits per heavy atom. The third-order valence-corrected chi connectivity index (χ3v) is 7.16. The number of likely N-dealkylation sites (tertiary alicyclic amines) is 1. The van der Waals surface area contributed by atoms with Crippen LogP contribution in [0.25, 0.3) is 0 Å². The Labute approximate surface area is 197 Å². The molecule has 1 saturated heterocycles. The van der Waals surface area contributed by atoms with E-state index in [1.807, 2.05) is 29.4 Å². The maximum atomic E-state index is 12.9. The molecule has 7 nitrogen and oxygen atoms in total. The molecule has 1 fully saturated rings. The number of piperidine rings is 1. The van der Waals surface area contributed by atoms with Gasteiger partial charge < -0.3 is 19.9 Å². The Hall–Kier alpha value is -2.29. The predicted molar refractivity (Wildman–Crippen MR) is 127 cm³/mol. The van der Waals surface area contributed by atoms with Crippen molar-refractivity contribution >= 4 is 40.4 Å². The Kier molecular flexibility index (Phi) is 6.93. The molecule has 1 atom stereocenters. The van der Waals surface area contributed by atoms with Gasteiger partial charge in [-0.3, -0.25) is 4.79 Å². The minimum atomic E-state index is -0.440. The van der Waals surface area contributed by atoms with E-state index >= 15 is 0 Å². The van der Waals surface area contributed by atoms with Gasteiger partial charge in [0.1, 0.15) is 0 Å². The summed E-state index contributed by atoms with van der Waals surface area (Å²) in [5.41, 5.74) is 2.77. The molecule has 32 heavy (non-hydrogen) atoms. The number of aliphatic imine (C=N–C) groups is 1. The number of ether oxygens (including phenoxy) is 1. The molecule has 0 aliphatic carbocycles. The van der Waals surface area contributed by atoms with E-state index in [0.717, 1.165) is 42.4 Å². The zero-order valence-corrected chi connectivity index (χ0v) is 20.0. The number of nitrogens with zero attached hydrogens (tertiary/aromatic N) is 3. The van der Waals surface area contributed by atoms with Gasteiger partial charge in [0.05, 0.1) is 30.8 Å². The van der Waals surface area contributed by atoms with E-state index in [1.165, 1.54) is 18.9 Å². The molecule has 0 bridgehead atoms. The van der Waals surface area contributed by atoms with Crippen LogP contribution in [0.15, 0.2) is 51.6 Å². The van der Waals surface area contributed by atoms with Crippen LogP contribution in [0.3, 0.4) is 0 Å². The second-order valence-corrected chi connectivity index (χ2v) is 9.53. The Balaban J connectivity index is 1.59. The fourth-order valence-corrected chi connectivity index (χ4v) is 5.39. The molecular weight excluding hydrogens is 448 g/mol. The highest BCUT2D eigenvalue weighted by Gasteiger charge is 2.41. The average Bonchev–Trinajstić information content (AvgIpc) is 3.16. The zero-order chi connectivity index (χ0) is 22.8. The van der Waals surface area contributed by atoms with Gasteiger partial charge in [-0.2, -0.15) is 0 Å². The van der Waals surface area contributed by atoms with Gasteiger partial charge >= 0.3 is 5.97 Å². The molecule has 1 aromatic carbocycles. The summed E-state index contributed by atoms with van der Waals surface area (Å²) in [6.07, 6.45) is 2.12. The van der Waals surface area contributed by atoms with E-state index in [0.29, 0.717) is 16.3 Å². The summed E-state index contributed by atoms with van der Waals surface area (Å²) < 4.78 is 5.08. The third-order valence-electron chi connectivity index (χ3n) is 6.02. The summed E-state index contributed by atoms with van der Waals surface area (Å²) >= 11 is 7.57. The number of hydrogen-bond acceptors (Lipinski definition) is 7. The summed E-state index contributed by atoms with van der Waals surface area (Å²) in [7, 11) is 3.46. The number of esters is 1. The van der Waals surface area contributed by atoms with Gasteiger partial charge in [-0.05, 0) is 63.0 Å². The number of rotatable bonds is 5. The van der Waals surface area contributed by atoms with Crippen molar-refractivity contribution in [2.75, 3.05) is 27.2 Å². The molecule has 0 unspecified atom stereocenters. The van der Waals surface area contributed by atoms with Gasteiger partial charge in [0, 0.05) is 16.8 Å². The van der Waals surface area contributed by atoms with Crippen molar-refractivity contribution in [3.05, 3.63) is 57.2 Å². The highest BCUT2D eigenvalue weighted by molar-refractivity contribution is 8.16. The second-order valence-electron chi connectivity index (χ2n) is 8.26. The molecule has 3 aliphatic heterocycles. The molecule has 0 saturated carbocycles. The van der Waals surface area contributed by atoms with Crippen LogP contribution in [-0.4, -0.2) is 60.1 Å². The lowest BCUT2D eigenvalue weighted by molar-refractivity contribution is -0.136. The van der Waals surface area contributed by atoms with E-state index in [4.69, 9.17) is 16.3 Å². The van der Waals surface area contributed by atoms with Gasteiger partial charge in [-0.15, -0.1) is 0 Å². The fraction of sp³-hybridized carbons (Fsp3) is 0.435. The monoisotopic (exact) mass is 474 g/mol. The van der Waals surface area contributed by atoms with Crippen LogP contribution >= 0.6 is 23.4 Å². The Morgan fingerprint density at radius 3 is 2.59 bits per heavy atom. The topological polar surface area (TPSA) is 74.2 Å². The molecule has 0 radical (unpaired) electrons. The van der Waals surface area contributed by atoms with E-state index in [1.54, 1.807) is 12.1 Å². The number of halogens is 1. The molecule has 1 amide bonds. The lowest BCUT2D eigenvalue weighted by Crippen LogP contribution is -2.44. The van der Waals surface area contributed by atoms with Crippen molar-refractivity contribution in [1.29, 1.82) is 0 Å². The minimum Gasteiger partial charge on any atom is -0.466 e. The molecule has 1 aromatic rings. The van der Waals surface area contributed by atoms with Gasteiger partial charge in [-0.1, -0.05) is 35.5 Å². The number of hydrogen-bond donors (Lipinski definition) is 1. The molecule has 3 aliphatic rings. The normalized spacial score (nSPS) is 21.8. The van der Waals surface area contributed by atoms with Crippen molar-refractivity contribution < 1.29 is 14.3 Å². The molecule has 170 valence electrons. The van der Waals surface area contributed by atoms with Crippen molar-refractivity contribution in [2.45, 2.75) is 38.3 Å². The summed E-state index contributed by atoms with van der Waals surface area (Å²) in [6, 6.07) is 7.14. The first kappa shape index (κ1) is 22.9. The maximum Gasteiger partial charge on any atom is 0.338 e. The Morgan fingerprint density at radius 2 is 1.94 bits per heavy atom. The number of benzene rings is 1. The maximum absolute atomic E-state index is 12.9. The summed E-state index contributed by atoms with van der Waals surface area (Å²) in [6.45, 7) is 3.78. The van der Waals surface area contributed by atoms with Crippen LogP contribution in [-0.2, 0) is 14.3 Å². The van der Waals surface area contributed by atoms with Gasteiger partial charge in [0.25, 0.3) is 0 Å². The third kappa shape index (κ3) is 4.72. The molecule has 0 spiro atoms. The van der Waals surface area contributed by atoms with Crippen molar-refractivity contribution in [1.82, 2.24) is 15.1 Å². The lowest BCUT2D eigenvalue weighted by atomic mass is 9.94. The largest absolute Gasteiger partial charge is 0.466 e. The van der Waals surface area contributed by atoms with E-state index < -0.39 is 12.0 Å². The zero-order valence-electron chi connectivity index (χ0n) is 18.4. The number of carbonyl (C=O) groups excluding carboxylic acids is 2. The van der Waals surface area contributed by atoms with Gasteiger partial charge in [0.15, 0.2) is 5.17 Å². The second kappa shape index (κ2) is 9.68. The minimum absolute atomic E-state index is 0.0200. The van der Waals surface area contributed by atoms with Gasteiger partial charge in [0.2, 0.25) is 5.91 Å². The molecule has 9 heteroatoms. The smallest absolute Gasteiger partial charge is 0.338 e. The van der Waals surface area contributed by atoms with Gasteiger partial charge in [-0.25, -0.2) is 9.79 Å². The number of allylic oxidation sites excluding steroid dienone is 1. The molecule has 3 heterocycles. The summed E-state index contributed by atoms with van der Waals surface area (Å²) in [5.74, 6) is -0.453. The van der Waals surface area contributed by atoms with Crippen molar-refractivity contribution in [2.24, 2.45) is 4.99 Å². The number of fused-ring (bicyclic) bond motifs is 1. The first-order chi connectivity index (χ1) is 15.4.